The molecular formula is C26H44O5. The van der Waals surface area contributed by atoms with Gasteiger partial charge >= 0.3 is 5.97 Å². The number of aliphatic carboxylic acids is 1. The molecule has 4 saturated carbocycles. The summed E-state index contributed by atoms with van der Waals surface area (Å²) in [6.45, 7) is 9.01. The quantitative estimate of drug-likeness (QED) is 0.520. The van der Waals surface area contributed by atoms with Gasteiger partial charge in [0.15, 0.2) is 0 Å². The number of rotatable bonds is 5. The molecule has 4 rings (SSSR count). The molecule has 5 heteroatoms. The third-order valence-corrected chi connectivity index (χ3v) is 10.9. The van der Waals surface area contributed by atoms with E-state index in [2.05, 4.69) is 27.7 Å². The fourth-order valence-corrected chi connectivity index (χ4v) is 9.60. The fraction of sp³-hybridized carbons (Fsp3) is 0.962. The summed E-state index contributed by atoms with van der Waals surface area (Å²) in [6, 6.07) is 0. The molecule has 31 heavy (non-hydrogen) atoms. The van der Waals surface area contributed by atoms with Gasteiger partial charge in [-0.25, -0.2) is 0 Å². The predicted octanol–water partition coefficient (Wildman–Crippen LogP) is 4.08. The summed E-state index contributed by atoms with van der Waals surface area (Å²) in [5.74, 6) is 1.00. The van der Waals surface area contributed by atoms with Gasteiger partial charge in [-0.3, -0.25) is 4.79 Å². The van der Waals surface area contributed by atoms with Gasteiger partial charge in [-0.05, 0) is 97.2 Å². The topological polar surface area (TPSA) is 98.0 Å². The number of aliphatic hydroxyl groups is 3. The predicted molar refractivity (Wildman–Crippen MR) is 119 cm³/mol. The molecule has 0 spiro atoms. The van der Waals surface area contributed by atoms with Crippen molar-refractivity contribution in [3.63, 3.8) is 0 Å². The Balaban J connectivity index is 1.66. The molecule has 0 aromatic carbocycles. The maximum Gasteiger partial charge on any atom is 0.303 e. The van der Waals surface area contributed by atoms with Crippen molar-refractivity contribution in [2.75, 3.05) is 0 Å². The highest BCUT2D eigenvalue weighted by Gasteiger charge is 2.67. The Hall–Kier alpha value is -0.650. The third kappa shape index (κ3) is 3.58. The van der Waals surface area contributed by atoms with Crippen LogP contribution < -0.4 is 0 Å². The molecule has 5 nitrogen and oxygen atoms in total. The molecule has 4 fully saturated rings. The lowest BCUT2D eigenvalue weighted by Crippen LogP contribution is -2.65. The van der Waals surface area contributed by atoms with Crippen LogP contribution in [0.3, 0.4) is 0 Å². The van der Waals surface area contributed by atoms with Crippen molar-refractivity contribution in [1.82, 2.24) is 0 Å². The Morgan fingerprint density at radius 2 is 1.77 bits per heavy atom. The third-order valence-electron chi connectivity index (χ3n) is 10.9. The first-order valence-electron chi connectivity index (χ1n) is 12.8. The van der Waals surface area contributed by atoms with Crippen LogP contribution in [0.4, 0.5) is 0 Å². The lowest BCUT2D eigenvalue weighted by molar-refractivity contribution is -0.235. The molecule has 0 radical (unpaired) electrons. The Bertz CT molecular complexity index is 681. The number of aliphatic hydroxyl groups excluding tert-OH is 3. The molecule has 0 amide bonds. The Kier molecular flexibility index (Phi) is 6.28. The second-order valence-electron chi connectivity index (χ2n) is 12.2. The molecule has 0 saturated heterocycles. The minimum Gasteiger partial charge on any atom is -0.481 e. The Morgan fingerprint density at radius 1 is 1.06 bits per heavy atom. The summed E-state index contributed by atoms with van der Waals surface area (Å²) >= 11 is 0. The zero-order valence-electron chi connectivity index (χ0n) is 19.8. The van der Waals surface area contributed by atoms with Crippen LogP contribution in [0.2, 0.25) is 0 Å². The number of fused-ring (bicyclic) bond motifs is 5. The van der Waals surface area contributed by atoms with E-state index < -0.39 is 18.2 Å². The zero-order chi connectivity index (χ0) is 22.7. The van der Waals surface area contributed by atoms with Crippen LogP contribution in [0, 0.1) is 52.3 Å². The van der Waals surface area contributed by atoms with E-state index in [-0.39, 0.29) is 47.0 Å². The molecule has 178 valence electrons. The maximum absolute atomic E-state index is 11.7. The van der Waals surface area contributed by atoms with Crippen molar-refractivity contribution >= 4 is 5.97 Å². The first-order chi connectivity index (χ1) is 14.5. The van der Waals surface area contributed by atoms with Gasteiger partial charge in [0.1, 0.15) is 0 Å². The van der Waals surface area contributed by atoms with Crippen LogP contribution in [0.1, 0.15) is 85.5 Å². The highest BCUT2D eigenvalue weighted by atomic mass is 16.4. The van der Waals surface area contributed by atoms with Gasteiger partial charge < -0.3 is 20.4 Å². The summed E-state index contributed by atoms with van der Waals surface area (Å²) in [4.78, 5) is 11.1. The van der Waals surface area contributed by atoms with Crippen molar-refractivity contribution in [3.8, 4) is 0 Å². The average Bonchev–Trinajstić information content (AvgIpc) is 3.04. The molecule has 4 N–H and O–H groups in total. The standard InChI is InChI=1S/C26H44O5/c1-5-16-19-12-15(27)10-11-25(19,3)23-20(28)13-26(4)17(14(2)6-9-21(29)30)7-8-18(26)22(23)24(16)31/h14-20,22-24,27-28,31H,5-13H2,1-4H3,(H,29,30)/t14-,15-,16-,17-,18?,19?,20-,22?,23?,24-,25+,26-/m1/s1. The Labute approximate surface area is 187 Å². The number of hydrogen-bond acceptors (Lipinski definition) is 4. The van der Waals surface area contributed by atoms with Crippen molar-refractivity contribution in [3.05, 3.63) is 0 Å². The molecular weight excluding hydrogens is 392 g/mol. The normalized spacial score (nSPS) is 52.7. The van der Waals surface area contributed by atoms with Crippen molar-refractivity contribution < 1.29 is 25.2 Å². The maximum atomic E-state index is 11.7. The molecule has 0 heterocycles. The summed E-state index contributed by atoms with van der Waals surface area (Å²) < 4.78 is 0. The fourth-order valence-electron chi connectivity index (χ4n) is 9.60. The van der Waals surface area contributed by atoms with Crippen LogP contribution in [0.15, 0.2) is 0 Å². The molecule has 12 atom stereocenters. The molecule has 0 aromatic rings. The molecule has 0 bridgehead atoms. The number of carboxylic acids is 1. The van der Waals surface area contributed by atoms with Gasteiger partial charge in [0.2, 0.25) is 0 Å². The van der Waals surface area contributed by atoms with Gasteiger partial charge in [0.25, 0.3) is 0 Å². The molecule has 0 aliphatic heterocycles. The van der Waals surface area contributed by atoms with Crippen LogP contribution in [-0.2, 0) is 4.79 Å². The van der Waals surface area contributed by atoms with E-state index in [1.165, 1.54) is 0 Å². The van der Waals surface area contributed by atoms with E-state index in [9.17, 15) is 20.1 Å². The van der Waals surface area contributed by atoms with Crippen molar-refractivity contribution in [1.29, 1.82) is 0 Å². The van der Waals surface area contributed by atoms with E-state index in [1.54, 1.807) is 0 Å². The largest absolute Gasteiger partial charge is 0.481 e. The highest BCUT2D eigenvalue weighted by molar-refractivity contribution is 5.66. The first kappa shape index (κ1) is 23.5. The van der Waals surface area contributed by atoms with E-state index in [0.717, 1.165) is 44.9 Å². The van der Waals surface area contributed by atoms with Gasteiger partial charge in [-0.2, -0.15) is 0 Å². The molecule has 4 aliphatic carbocycles. The van der Waals surface area contributed by atoms with Gasteiger partial charge in [-0.15, -0.1) is 0 Å². The van der Waals surface area contributed by atoms with Crippen molar-refractivity contribution in [2.45, 2.75) is 104 Å². The van der Waals surface area contributed by atoms with Gasteiger partial charge in [-0.1, -0.05) is 34.1 Å². The minimum atomic E-state index is -0.734. The SMILES string of the molecule is CC[C@@H]1C2C[C@H](O)CC[C@]2(C)C2C(C3CC[C@H]([C@H](C)CCC(=O)O)[C@@]3(C)C[C@H]2O)[C@@H]1O. The van der Waals surface area contributed by atoms with E-state index >= 15 is 0 Å². The van der Waals surface area contributed by atoms with Gasteiger partial charge in [0, 0.05) is 6.42 Å². The summed E-state index contributed by atoms with van der Waals surface area (Å²) in [5.41, 5.74) is -0.0767. The average molecular weight is 437 g/mol. The lowest BCUT2D eigenvalue weighted by Gasteiger charge is -2.66. The second-order valence-corrected chi connectivity index (χ2v) is 12.2. The van der Waals surface area contributed by atoms with E-state index in [4.69, 9.17) is 5.11 Å². The summed E-state index contributed by atoms with van der Waals surface area (Å²) in [7, 11) is 0. The first-order valence-corrected chi connectivity index (χ1v) is 12.8. The highest BCUT2D eigenvalue weighted by Crippen LogP contribution is 2.69. The minimum absolute atomic E-state index is 0.0302. The van der Waals surface area contributed by atoms with E-state index in [1.807, 2.05) is 0 Å². The smallest absolute Gasteiger partial charge is 0.303 e. The number of carbonyl (C=O) groups is 1. The van der Waals surface area contributed by atoms with Crippen molar-refractivity contribution in [2.24, 2.45) is 52.3 Å². The van der Waals surface area contributed by atoms with E-state index in [0.29, 0.717) is 24.2 Å². The van der Waals surface area contributed by atoms with Gasteiger partial charge in [0.05, 0.1) is 18.3 Å². The van der Waals surface area contributed by atoms with Crippen LogP contribution >= 0.6 is 0 Å². The monoisotopic (exact) mass is 436 g/mol. The summed E-state index contributed by atoms with van der Waals surface area (Å²) in [5, 5.41) is 42.9. The molecule has 4 aliphatic rings. The Morgan fingerprint density at radius 3 is 2.42 bits per heavy atom. The lowest BCUT2D eigenvalue weighted by atomic mass is 9.40. The second kappa shape index (κ2) is 8.29. The van der Waals surface area contributed by atoms with Crippen LogP contribution in [0.25, 0.3) is 0 Å². The molecule has 4 unspecified atom stereocenters. The van der Waals surface area contributed by atoms with Crippen LogP contribution in [0.5, 0.6) is 0 Å². The number of carboxylic acid groups (broad SMARTS) is 1. The zero-order valence-corrected chi connectivity index (χ0v) is 19.8. The van der Waals surface area contributed by atoms with Crippen LogP contribution in [-0.4, -0.2) is 44.7 Å². The number of hydrogen-bond donors (Lipinski definition) is 4. The molecule has 0 aromatic heterocycles. The summed E-state index contributed by atoms with van der Waals surface area (Å²) in [6.07, 6.45) is 6.04.